The molecule has 0 nitrogen and oxygen atoms in total. The van der Waals surface area contributed by atoms with Crippen molar-refractivity contribution in [2.75, 3.05) is 0 Å². The van der Waals surface area contributed by atoms with Gasteiger partial charge in [0.25, 0.3) is 0 Å². The molecule has 3 saturated carbocycles. The predicted molar refractivity (Wildman–Crippen MR) is 214 cm³/mol. The van der Waals surface area contributed by atoms with E-state index in [2.05, 4.69) is 48.6 Å². The van der Waals surface area contributed by atoms with Gasteiger partial charge in [-0.15, -0.1) is 0 Å². The third-order valence-electron chi connectivity index (χ3n) is 15.3. The Morgan fingerprint density at radius 2 is 0.780 bits per heavy atom. The molecule has 59 heavy (non-hydrogen) atoms. The summed E-state index contributed by atoms with van der Waals surface area (Å²) in [6.45, 7) is 0. The molecule has 0 spiro atoms. The van der Waals surface area contributed by atoms with E-state index in [4.69, 9.17) is 0 Å². The first-order chi connectivity index (χ1) is 27.5. The number of fused-ring (bicyclic) bond motifs is 3. The van der Waals surface area contributed by atoms with Crippen LogP contribution in [0.3, 0.4) is 0 Å². The van der Waals surface area contributed by atoms with Gasteiger partial charge in [-0.1, -0.05) is 0 Å². The van der Waals surface area contributed by atoms with E-state index < -0.39 is 43.4 Å². The maximum atomic E-state index is 13.7. The molecular formula is C50H50Cl2F6Hf. The largest absolute Gasteiger partial charge is 1.00 e. The SMILES string of the molecule is FC(F)(F)c1ccc(-c2cccc3c2C=C(C2CCCCC2)[CH]3[Hf+2]2([CH]3C(C4CCCCC4)=Cc4c(-c5ccc(C(F)(F)F)cc5)cccc43)[CH]3CCCC[CH]32)cc1.[Cl-].[Cl-]. The van der Waals surface area contributed by atoms with Crippen molar-refractivity contribution in [1.29, 1.82) is 0 Å². The second-order valence-electron chi connectivity index (χ2n) is 18.1. The molecule has 310 valence electrons. The van der Waals surface area contributed by atoms with E-state index in [9.17, 15) is 26.3 Å². The predicted octanol–water partition coefficient (Wildman–Crippen LogP) is 10.1. The van der Waals surface area contributed by atoms with Gasteiger partial charge in [-0.3, -0.25) is 0 Å². The van der Waals surface area contributed by atoms with Gasteiger partial charge in [0.15, 0.2) is 0 Å². The summed E-state index contributed by atoms with van der Waals surface area (Å²) < 4.78 is 84.5. The van der Waals surface area contributed by atoms with Crippen LogP contribution in [0.2, 0.25) is 7.35 Å². The normalized spacial score (nSPS) is 25.7. The van der Waals surface area contributed by atoms with Crippen LogP contribution in [0.4, 0.5) is 26.3 Å². The molecule has 0 aromatic heterocycles. The zero-order valence-corrected chi connectivity index (χ0v) is 38.2. The Balaban J connectivity index is 0.00000242. The molecule has 4 fully saturated rings. The Labute approximate surface area is 361 Å². The Morgan fingerprint density at radius 3 is 1.14 bits per heavy atom. The average Bonchev–Trinajstić information content (AvgIpc) is 3.48. The number of hydrogen-bond acceptors (Lipinski definition) is 0. The van der Waals surface area contributed by atoms with Gasteiger partial charge in [-0.2, -0.15) is 0 Å². The van der Waals surface area contributed by atoms with Crippen LogP contribution in [0.25, 0.3) is 34.4 Å². The van der Waals surface area contributed by atoms with Gasteiger partial charge >= 0.3 is 339 Å². The van der Waals surface area contributed by atoms with E-state index in [0.29, 0.717) is 19.2 Å². The fourth-order valence-corrected chi connectivity index (χ4v) is 48.6. The fourth-order valence-electron chi connectivity index (χ4n) is 13.0. The molecular weight excluding hydrogens is 964 g/mol. The minimum Gasteiger partial charge on any atom is -1.00 e. The molecule has 0 N–H and O–H groups in total. The van der Waals surface area contributed by atoms with Crippen molar-refractivity contribution in [3.05, 3.63) is 129 Å². The summed E-state index contributed by atoms with van der Waals surface area (Å²) in [6, 6.07) is 25.0. The molecule has 1 heterocycles. The van der Waals surface area contributed by atoms with E-state index >= 15 is 0 Å². The van der Waals surface area contributed by atoms with Crippen molar-refractivity contribution >= 4 is 12.2 Å². The number of rotatable bonds is 6. The van der Waals surface area contributed by atoms with Crippen molar-refractivity contribution in [2.24, 2.45) is 11.8 Å². The van der Waals surface area contributed by atoms with Gasteiger partial charge in [0.1, 0.15) is 0 Å². The average molecular weight is 1010 g/mol. The van der Waals surface area contributed by atoms with E-state index in [0.717, 1.165) is 29.6 Å². The zero-order valence-electron chi connectivity index (χ0n) is 33.1. The molecule has 6 aliphatic rings. The van der Waals surface area contributed by atoms with Crippen LogP contribution in [0, 0.1) is 11.8 Å². The molecule has 0 radical (unpaired) electrons. The molecule has 9 heteroatoms. The van der Waals surface area contributed by atoms with Crippen LogP contribution in [0.15, 0.2) is 96.1 Å². The molecule has 5 aliphatic carbocycles. The monoisotopic (exact) mass is 1010 g/mol. The summed E-state index contributed by atoms with van der Waals surface area (Å²) in [4.78, 5) is 0. The van der Waals surface area contributed by atoms with Crippen molar-refractivity contribution in [2.45, 2.75) is 117 Å². The van der Waals surface area contributed by atoms with E-state index in [1.165, 1.54) is 136 Å². The first kappa shape index (κ1) is 43.1. The number of halogens is 8. The molecule has 0 amide bonds. The van der Waals surface area contributed by atoms with E-state index in [1.54, 1.807) is 35.4 Å². The minimum atomic E-state index is -4.38. The number of alkyl halides is 6. The number of allylic oxidation sites excluding steroid dienone is 2. The zero-order chi connectivity index (χ0) is 39.1. The smallest absolute Gasteiger partial charge is 1.00 e. The Bertz CT molecular complexity index is 2070. The first-order valence-corrected chi connectivity index (χ1v) is 29.9. The Morgan fingerprint density at radius 1 is 0.424 bits per heavy atom. The van der Waals surface area contributed by atoms with E-state index in [-0.39, 0.29) is 24.8 Å². The first-order valence-electron chi connectivity index (χ1n) is 21.6. The van der Waals surface area contributed by atoms with Gasteiger partial charge in [0, 0.05) is 0 Å². The topological polar surface area (TPSA) is 0 Å². The standard InChI is InChI=1S/2C22H20F3.C6H10.2ClH.Hf/c2*23-22(24,25)19-11-9-16(10-12-19)20-8-4-7-17-13-18(14-21(17)20)15-5-2-1-3-6-15;1-2-4-6-5-3-1;;;/h2*4,7-15H,1-3,5-6H2;1-2H,3-6H2;2*1H;/q;;;;;+2/p-2. The Kier molecular flexibility index (Phi) is 12.1. The molecule has 4 atom stereocenters. The molecule has 10 rings (SSSR count). The summed E-state index contributed by atoms with van der Waals surface area (Å²) in [5, 5.41) is 0. The maximum absolute atomic E-state index is 13.7. The van der Waals surface area contributed by atoms with Crippen LogP contribution < -0.4 is 24.8 Å². The summed E-state index contributed by atoms with van der Waals surface area (Å²) in [5.74, 6) is 1.05. The summed E-state index contributed by atoms with van der Waals surface area (Å²) in [7, 11) is 0. The van der Waals surface area contributed by atoms with Gasteiger partial charge in [0.2, 0.25) is 0 Å². The van der Waals surface area contributed by atoms with Crippen molar-refractivity contribution in [3.63, 3.8) is 0 Å². The summed E-state index contributed by atoms with van der Waals surface area (Å²) in [6.07, 6.45) is 13.8. The van der Waals surface area contributed by atoms with Crippen molar-refractivity contribution < 1.29 is 71.1 Å². The maximum Gasteiger partial charge on any atom is -1.00 e. The molecule has 4 aromatic rings. The molecule has 0 bridgehead atoms. The quantitative estimate of drug-likeness (QED) is 0.133. The van der Waals surface area contributed by atoms with Crippen LogP contribution >= 0.6 is 0 Å². The van der Waals surface area contributed by atoms with Crippen molar-refractivity contribution in [3.8, 4) is 22.3 Å². The second kappa shape index (κ2) is 16.6. The number of hydrogen-bond donors (Lipinski definition) is 0. The van der Waals surface area contributed by atoms with Crippen LogP contribution in [0.5, 0.6) is 0 Å². The molecule has 1 aliphatic heterocycles. The van der Waals surface area contributed by atoms with Gasteiger partial charge in [-0.05, 0) is 0 Å². The fraction of sp³-hybridized carbons (Fsp3) is 0.440. The van der Waals surface area contributed by atoms with Gasteiger partial charge in [0.05, 0.1) is 0 Å². The number of benzene rings is 4. The molecule has 4 aromatic carbocycles. The molecule has 4 unspecified atom stereocenters. The molecule has 1 saturated heterocycles. The van der Waals surface area contributed by atoms with E-state index in [1.807, 2.05) is 0 Å². The van der Waals surface area contributed by atoms with Crippen LogP contribution in [0.1, 0.15) is 131 Å². The summed E-state index contributed by atoms with van der Waals surface area (Å²) >= 11 is -3.70. The Hall–Kier alpha value is -2.61. The summed E-state index contributed by atoms with van der Waals surface area (Å²) in [5.41, 5.74) is 11.2. The van der Waals surface area contributed by atoms with Gasteiger partial charge < -0.3 is 24.8 Å². The van der Waals surface area contributed by atoms with Crippen LogP contribution in [-0.4, -0.2) is 0 Å². The second-order valence-corrected chi connectivity index (χ2v) is 34.8. The third-order valence-corrected chi connectivity index (χ3v) is 40.0. The van der Waals surface area contributed by atoms with Gasteiger partial charge in [-0.25, -0.2) is 0 Å². The third kappa shape index (κ3) is 7.37. The minimum absolute atomic E-state index is 0. The van der Waals surface area contributed by atoms with Crippen molar-refractivity contribution in [1.82, 2.24) is 0 Å². The van der Waals surface area contributed by atoms with Crippen LogP contribution in [-0.2, 0) is 32.3 Å².